The zero-order chi connectivity index (χ0) is 12.4. The summed E-state index contributed by atoms with van der Waals surface area (Å²) < 4.78 is 11.6. The van der Waals surface area contributed by atoms with Gasteiger partial charge in [-0.2, -0.15) is 0 Å². The van der Waals surface area contributed by atoms with Crippen molar-refractivity contribution in [1.82, 2.24) is 5.32 Å². The third-order valence-electron chi connectivity index (χ3n) is 3.82. The van der Waals surface area contributed by atoms with Crippen LogP contribution in [0.3, 0.4) is 0 Å². The molecule has 1 aromatic rings. The van der Waals surface area contributed by atoms with Crippen molar-refractivity contribution in [3.05, 3.63) is 23.8 Å². The summed E-state index contributed by atoms with van der Waals surface area (Å²) in [6, 6.07) is 6.29. The monoisotopic (exact) mass is 247 g/mol. The first kappa shape index (κ1) is 11.8. The van der Waals surface area contributed by atoms with Gasteiger partial charge in [-0.1, -0.05) is 12.1 Å². The van der Waals surface area contributed by atoms with Crippen LogP contribution >= 0.6 is 0 Å². The van der Waals surface area contributed by atoms with Gasteiger partial charge in [0.25, 0.3) is 0 Å². The van der Waals surface area contributed by atoms with Gasteiger partial charge >= 0.3 is 0 Å². The van der Waals surface area contributed by atoms with Gasteiger partial charge in [0, 0.05) is 5.56 Å². The summed E-state index contributed by atoms with van der Waals surface area (Å²) in [6.07, 6.45) is 5.16. The second kappa shape index (κ2) is 5.19. The Kier molecular flexibility index (Phi) is 3.41. The fourth-order valence-electron chi connectivity index (χ4n) is 2.63. The Morgan fingerprint density at radius 3 is 2.56 bits per heavy atom. The van der Waals surface area contributed by atoms with Gasteiger partial charge in [0.2, 0.25) is 0 Å². The van der Waals surface area contributed by atoms with Gasteiger partial charge in [-0.3, -0.25) is 0 Å². The van der Waals surface area contributed by atoms with E-state index in [0.717, 1.165) is 24.6 Å². The Hall–Kier alpha value is -1.22. The smallest absolute Gasteiger partial charge is 0.165 e. The summed E-state index contributed by atoms with van der Waals surface area (Å²) >= 11 is 0. The van der Waals surface area contributed by atoms with Crippen molar-refractivity contribution >= 4 is 0 Å². The third kappa shape index (κ3) is 2.46. The molecule has 1 saturated carbocycles. The zero-order valence-electron chi connectivity index (χ0n) is 10.9. The van der Waals surface area contributed by atoms with Crippen LogP contribution in [0.5, 0.6) is 11.5 Å². The van der Waals surface area contributed by atoms with E-state index >= 15 is 0 Å². The van der Waals surface area contributed by atoms with E-state index in [1.54, 1.807) is 7.11 Å². The summed E-state index contributed by atoms with van der Waals surface area (Å²) in [4.78, 5) is 0. The second-order valence-corrected chi connectivity index (χ2v) is 5.22. The van der Waals surface area contributed by atoms with Crippen molar-refractivity contribution in [1.29, 1.82) is 0 Å². The largest absolute Gasteiger partial charge is 0.493 e. The molecular weight excluding hydrogens is 226 g/mol. The molecule has 1 saturated heterocycles. The normalized spacial score (nSPS) is 20.7. The first-order chi connectivity index (χ1) is 8.88. The molecule has 1 aliphatic heterocycles. The molecule has 3 heteroatoms. The predicted molar refractivity (Wildman–Crippen MR) is 71.5 cm³/mol. The predicted octanol–water partition coefficient (Wildman–Crippen LogP) is 2.70. The van der Waals surface area contributed by atoms with Crippen LogP contribution in [0.15, 0.2) is 18.2 Å². The molecule has 0 bridgehead atoms. The Morgan fingerprint density at radius 1 is 1.11 bits per heavy atom. The molecule has 3 rings (SSSR count). The number of benzene rings is 1. The van der Waals surface area contributed by atoms with E-state index in [9.17, 15) is 0 Å². The van der Waals surface area contributed by atoms with Gasteiger partial charge in [0.15, 0.2) is 11.5 Å². The van der Waals surface area contributed by atoms with Crippen molar-refractivity contribution in [2.24, 2.45) is 0 Å². The molecule has 1 N–H and O–H groups in total. The standard InChI is InChI=1S/C15H21NO2/c1-17-14-4-2-3-13(11-7-9-16-10-8-11)15(14)18-12-5-6-12/h2-4,11-12,16H,5-10H2,1H3. The maximum absolute atomic E-state index is 6.09. The molecule has 2 fully saturated rings. The Bertz CT molecular complexity index is 409. The van der Waals surface area contributed by atoms with Gasteiger partial charge < -0.3 is 14.8 Å². The average Bonchev–Trinajstić information content (AvgIpc) is 3.24. The zero-order valence-corrected chi connectivity index (χ0v) is 10.9. The first-order valence-electron chi connectivity index (χ1n) is 6.92. The number of para-hydroxylation sites is 1. The van der Waals surface area contributed by atoms with E-state index in [0.29, 0.717) is 12.0 Å². The lowest BCUT2D eigenvalue weighted by Crippen LogP contribution is -2.27. The fraction of sp³-hybridized carbons (Fsp3) is 0.600. The molecule has 0 radical (unpaired) electrons. The summed E-state index contributed by atoms with van der Waals surface area (Å²) in [5.41, 5.74) is 1.34. The third-order valence-corrected chi connectivity index (χ3v) is 3.82. The molecule has 0 spiro atoms. The molecule has 0 amide bonds. The second-order valence-electron chi connectivity index (χ2n) is 5.22. The SMILES string of the molecule is COc1cccc(C2CCNCC2)c1OC1CC1. The lowest BCUT2D eigenvalue weighted by atomic mass is 9.89. The summed E-state index contributed by atoms with van der Waals surface area (Å²) in [7, 11) is 1.72. The van der Waals surface area contributed by atoms with Gasteiger partial charge in [-0.15, -0.1) is 0 Å². The van der Waals surface area contributed by atoms with Crippen molar-refractivity contribution in [3.8, 4) is 11.5 Å². The minimum Gasteiger partial charge on any atom is -0.493 e. The van der Waals surface area contributed by atoms with Crippen LogP contribution in [0.1, 0.15) is 37.2 Å². The molecule has 1 heterocycles. The molecule has 98 valence electrons. The van der Waals surface area contributed by atoms with Gasteiger partial charge in [0.05, 0.1) is 13.2 Å². The molecular formula is C15H21NO2. The van der Waals surface area contributed by atoms with E-state index in [1.807, 2.05) is 6.07 Å². The molecule has 1 aliphatic carbocycles. The average molecular weight is 247 g/mol. The van der Waals surface area contributed by atoms with Crippen LogP contribution in [0.25, 0.3) is 0 Å². The molecule has 1 aromatic carbocycles. The molecule has 0 aromatic heterocycles. The number of hydrogen-bond acceptors (Lipinski definition) is 3. The summed E-state index contributed by atoms with van der Waals surface area (Å²) in [5.74, 6) is 2.49. The van der Waals surface area contributed by atoms with Crippen LogP contribution in [0.2, 0.25) is 0 Å². The maximum Gasteiger partial charge on any atom is 0.165 e. The van der Waals surface area contributed by atoms with Gasteiger partial charge in [0.1, 0.15) is 0 Å². The number of piperidine rings is 1. The highest BCUT2D eigenvalue weighted by Crippen LogP contribution is 2.41. The molecule has 0 atom stereocenters. The van der Waals surface area contributed by atoms with Gasteiger partial charge in [-0.25, -0.2) is 0 Å². The number of nitrogens with one attached hydrogen (secondary N) is 1. The number of methoxy groups -OCH3 is 1. The van der Waals surface area contributed by atoms with E-state index in [1.165, 1.54) is 31.2 Å². The van der Waals surface area contributed by atoms with Crippen LogP contribution in [0, 0.1) is 0 Å². The Morgan fingerprint density at radius 2 is 1.89 bits per heavy atom. The van der Waals surface area contributed by atoms with E-state index in [-0.39, 0.29) is 0 Å². The van der Waals surface area contributed by atoms with Crippen molar-refractivity contribution in [3.63, 3.8) is 0 Å². The van der Waals surface area contributed by atoms with Crippen molar-refractivity contribution < 1.29 is 9.47 Å². The van der Waals surface area contributed by atoms with E-state index in [2.05, 4.69) is 17.4 Å². The molecule has 18 heavy (non-hydrogen) atoms. The summed E-state index contributed by atoms with van der Waals surface area (Å²) in [6.45, 7) is 2.20. The van der Waals surface area contributed by atoms with Crippen LogP contribution in [0.4, 0.5) is 0 Å². The Labute approximate surface area is 108 Å². The quantitative estimate of drug-likeness (QED) is 0.887. The molecule has 0 unspecified atom stereocenters. The first-order valence-corrected chi connectivity index (χ1v) is 6.92. The minimum absolute atomic E-state index is 0.418. The fourth-order valence-corrected chi connectivity index (χ4v) is 2.63. The van der Waals surface area contributed by atoms with E-state index in [4.69, 9.17) is 9.47 Å². The lowest BCUT2D eigenvalue weighted by molar-refractivity contribution is 0.275. The van der Waals surface area contributed by atoms with Gasteiger partial charge in [-0.05, 0) is 50.8 Å². The highest BCUT2D eigenvalue weighted by molar-refractivity contribution is 5.48. The highest BCUT2D eigenvalue weighted by atomic mass is 16.5. The number of hydrogen-bond donors (Lipinski definition) is 1. The van der Waals surface area contributed by atoms with Crippen LogP contribution in [-0.2, 0) is 0 Å². The minimum atomic E-state index is 0.418. The maximum atomic E-state index is 6.09. The highest BCUT2D eigenvalue weighted by Gasteiger charge is 2.28. The van der Waals surface area contributed by atoms with Crippen molar-refractivity contribution in [2.75, 3.05) is 20.2 Å². The van der Waals surface area contributed by atoms with Crippen LogP contribution < -0.4 is 14.8 Å². The molecule has 3 nitrogen and oxygen atoms in total. The van der Waals surface area contributed by atoms with Crippen LogP contribution in [-0.4, -0.2) is 26.3 Å². The topological polar surface area (TPSA) is 30.5 Å². The molecule has 2 aliphatic rings. The lowest BCUT2D eigenvalue weighted by Gasteiger charge is -2.25. The van der Waals surface area contributed by atoms with E-state index < -0.39 is 0 Å². The van der Waals surface area contributed by atoms with Crippen molar-refractivity contribution in [2.45, 2.75) is 37.7 Å². The Balaban J connectivity index is 1.89. The number of ether oxygens (including phenoxy) is 2. The summed E-state index contributed by atoms with van der Waals surface area (Å²) in [5, 5.41) is 3.41. The number of rotatable bonds is 4.